The topological polar surface area (TPSA) is 119 Å². The van der Waals surface area contributed by atoms with E-state index in [1.807, 2.05) is 0 Å². The van der Waals surface area contributed by atoms with Crippen molar-refractivity contribution < 1.29 is 41.9 Å². The van der Waals surface area contributed by atoms with Gasteiger partial charge in [-0.25, -0.2) is 0 Å². The first-order chi connectivity index (χ1) is 17.5. The van der Waals surface area contributed by atoms with Gasteiger partial charge in [0.15, 0.2) is 5.78 Å². The van der Waals surface area contributed by atoms with Gasteiger partial charge < -0.3 is 4.74 Å². The Morgan fingerprint density at radius 1 is 1.03 bits per heavy atom. The predicted molar refractivity (Wildman–Crippen MR) is 132 cm³/mol. The summed E-state index contributed by atoms with van der Waals surface area (Å²) in [6, 6.07) is 9.45. The Balaban J connectivity index is 0.000000468. The zero-order valence-electron chi connectivity index (χ0n) is 19.1. The molecule has 0 spiro atoms. The van der Waals surface area contributed by atoms with Crippen molar-refractivity contribution in [3.05, 3.63) is 69.6 Å². The van der Waals surface area contributed by atoms with Crippen molar-refractivity contribution >= 4 is 57.7 Å². The van der Waals surface area contributed by atoms with Gasteiger partial charge in [-0.15, -0.1) is 0 Å². The van der Waals surface area contributed by atoms with Crippen LogP contribution in [0, 0.1) is 0 Å². The first-order valence-electron chi connectivity index (χ1n) is 10.5. The van der Waals surface area contributed by atoms with Crippen molar-refractivity contribution in [2.45, 2.75) is 19.0 Å². The Morgan fingerprint density at radius 2 is 1.73 bits per heavy atom. The highest BCUT2D eigenvalue weighted by Crippen LogP contribution is 2.30. The minimum atomic E-state index is -4.41. The lowest BCUT2D eigenvalue weighted by molar-refractivity contribution is -0.137. The molecule has 2 aliphatic heterocycles. The van der Waals surface area contributed by atoms with Gasteiger partial charge in [-0.1, -0.05) is 30.0 Å². The summed E-state index contributed by atoms with van der Waals surface area (Å²) in [4.78, 5) is 56.1. The molecule has 4 rings (SSSR count). The summed E-state index contributed by atoms with van der Waals surface area (Å²) in [7, 11) is 1.42. The van der Waals surface area contributed by atoms with Crippen LogP contribution in [0.25, 0.3) is 6.08 Å². The largest absolute Gasteiger partial charge is 0.496 e. The van der Waals surface area contributed by atoms with Crippen LogP contribution in [-0.4, -0.2) is 40.9 Å². The quantitative estimate of drug-likeness (QED) is 0.387. The number of alkyl halides is 3. The molecular formula is C24H19F3N2O6S2. The van der Waals surface area contributed by atoms with Crippen molar-refractivity contribution in [3.8, 4) is 5.75 Å². The number of ether oxygens (including phenoxy) is 1. The third-order valence-corrected chi connectivity index (χ3v) is 6.54. The van der Waals surface area contributed by atoms with E-state index in [4.69, 9.17) is 4.74 Å². The Bertz CT molecular complexity index is 1260. The number of imide groups is 2. The molecule has 0 atom stereocenters. The number of hydrogen-bond donors (Lipinski definition) is 2. The molecule has 2 fully saturated rings. The first-order valence-corrected chi connectivity index (χ1v) is 12.4. The number of carbonyl (C=O) groups is 5. The second-order valence-electron chi connectivity index (χ2n) is 7.55. The molecule has 4 amide bonds. The van der Waals surface area contributed by atoms with E-state index in [0.717, 1.165) is 35.7 Å². The molecule has 37 heavy (non-hydrogen) atoms. The smallest absolute Gasteiger partial charge is 0.416 e. The van der Waals surface area contributed by atoms with Crippen LogP contribution in [0.5, 0.6) is 5.75 Å². The monoisotopic (exact) mass is 552 g/mol. The van der Waals surface area contributed by atoms with Crippen molar-refractivity contribution in [1.82, 2.24) is 10.6 Å². The van der Waals surface area contributed by atoms with E-state index in [1.54, 1.807) is 18.2 Å². The number of methoxy groups -OCH3 is 1. The number of carbonyl (C=O) groups excluding carboxylic acids is 5. The van der Waals surface area contributed by atoms with E-state index in [-0.39, 0.29) is 40.2 Å². The molecule has 2 N–H and O–H groups in total. The van der Waals surface area contributed by atoms with Crippen LogP contribution in [-0.2, 0) is 22.2 Å². The van der Waals surface area contributed by atoms with Crippen molar-refractivity contribution in [3.63, 3.8) is 0 Å². The predicted octanol–water partition coefficient (Wildman–Crippen LogP) is 4.82. The maximum atomic E-state index is 12.7. The van der Waals surface area contributed by atoms with E-state index in [1.165, 1.54) is 25.3 Å². The number of thioether (sulfide) groups is 2. The fourth-order valence-corrected chi connectivity index (χ4v) is 4.38. The Hall–Kier alpha value is -3.58. The molecule has 194 valence electrons. The number of halogens is 3. The molecular weight excluding hydrogens is 533 g/mol. The van der Waals surface area contributed by atoms with Gasteiger partial charge in [0.1, 0.15) is 5.75 Å². The molecule has 0 bridgehead atoms. The highest BCUT2D eigenvalue weighted by Gasteiger charge is 2.30. The number of rotatable bonds is 6. The maximum Gasteiger partial charge on any atom is 0.416 e. The summed E-state index contributed by atoms with van der Waals surface area (Å²) >= 11 is 1.77. The summed E-state index contributed by atoms with van der Waals surface area (Å²) in [6.45, 7) is 0. The molecule has 0 saturated carbocycles. The van der Waals surface area contributed by atoms with Gasteiger partial charge in [0.2, 0.25) is 5.91 Å². The average Bonchev–Trinajstić information content (AvgIpc) is 3.39. The van der Waals surface area contributed by atoms with E-state index < -0.39 is 22.9 Å². The number of amides is 4. The van der Waals surface area contributed by atoms with Crippen LogP contribution in [0.1, 0.15) is 33.5 Å². The van der Waals surface area contributed by atoms with E-state index in [0.29, 0.717) is 22.6 Å². The molecule has 0 radical (unpaired) electrons. The number of aryl methyl sites for hydroxylation is 1. The van der Waals surface area contributed by atoms with Crippen molar-refractivity contribution in [2.24, 2.45) is 0 Å². The Labute approximate surface area is 217 Å². The minimum absolute atomic E-state index is 0.0650. The number of hydrogen-bond acceptors (Lipinski definition) is 8. The fraction of sp³-hybridized carbons (Fsp3) is 0.208. The summed E-state index contributed by atoms with van der Waals surface area (Å²) in [5.41, 5.74) is 0.688. The van der Waals surface area contributed by atoms with Gasteiger partial charge in [0.25, 0.3) is 16.4 Å². The van der Waals surface area contributed by atoms with Gasteiger partial charge >= 0.3 is 6.18 Å². The van der Waals surface area contributed by atoms with Crippen LogP contribution in [0.2, 0.25) is 0 Å². The van der Waals surface area contributed by atoms with E-state index >= 15 is 0 Å². The molecule has 2 saturated heterocycles. The van der Waals surface area contributed by atoms with Crippen molar-refractivity contribution in [2.75, 3.05) is 12.9 Å². The molecule has 2 aromatic carbocycles. The second kappa shape index (κ2) is 12.1. The van der Waals surface area contributed by atoms with Gasteiger partial charge in [-0.2, -0.15) is 13.2 Å². The summed E-state index contributed by atoms with van der Waals surface area (Å²) in [5.74, 6) is -0.314. The normalized spacial score (nSPS) is 16.3. The standard InChI is InChI=1S/C21H16F3NO4S.C3H3NO2S/c1-29-17-9-5-13(11-18-19(27)25-20(28)30-18)10-15(17)16(26)8-4-12-2-6-14(7-3-12)21(22,23)24;5-2-1-7-3(6)4-2/h2-3,5-7,9-11H,4,8H2,1H3,(H,25,27,28);1H2,(H,4,5,6). The van der Waals surface area contributed by atoms with E-state index in [9.17, 15) is 37.1 Å². The lowest BCUT2D eigenvalue weighted by atomic mass is 9.99. The number of nitrogens with one attached hydrogen (secondary N) is 2. The average molecular weight is 553 g/mol. The van der Waals surface area contributed by atoms with Crippen LogP contribution in [0.15, 0.2) is 47.4 Å². The third kappa shape index (κ3) is 7.95. The SMILES string of the molecule is COc1ccc(C=C2SC(=O)NC2=O)cc1C(=O)CCc1ccc(C(F)(F)F)cc1.O=C1CSC(=O)N1. The zero-order valence-corrected chi connectivity index (χ0v) is 20.8. The molecule has 0 unspecified atom stereocenters. The molecule has 0 aliphatic carbocycles. The van der Waals surface area contributed by atoms with E-state index in [2.05, 4.69) is 10.6 Å². The Morgan fingerprint density at radius 3 is 2.22 bits per heavy atom. The van der Waals surface area contributed by atoms with Crippen molar-refractivity contribution in [1.29, 1.82) is 0 Å². The van der Waals surface area contributed by atoms with Crippen LogP contribution < -0.4 is 15.4 Å². The maximum absolute atomic E-state index is 12.7. The molecule has 2 aromatic rings. The molecule has 0 aromatic heterocycles. The summed E-state index contributed by atoms with van der Waals surface area (Å²) in [6.07, 6.45) is -2.58. The van der Waals surface area contributed by atoms with Gasteiger partial charge in [-0.3, -0.25) is 34.6 Å². The van der Waals surface area contributed by atoms with Gasteiger partial charge in [-0.05, 0) is 59.7 Å². The number of benzene rings is 2. The Kier molecular flexibility index (Phi) is 9.16. The molecule has 13 heteroatoms. The lowest BCUT2D eigenvalue weighted by Crippen LogP contribution is -2.18. The molecule has 2 heterocycles. The molecule has 8 nitrogen and oxygen atoms in total. The first kappa shape index (κ1) is 28.0. The van der Waals surface area contributed by atoms with Crippen LogP contribution in [0.4, 0.5) is 22.8 Å². The minimum Gasteiger partial charge on any atom is -0.496 e. The fourth-order valence-electron chi connectivity index (χ4n) is 3.18. The highest BCUT2D eigenvalue weighted by molar-refractivity contribution is 8.18. The summed E-state index contributed by atoms with van der Waals surface area (Å²) in [5, 5.41) is 3.56. The summed E-state index contributed by atoms with van der Waals surface area (Å²) < 4.78 is 43.2. The third-order valence-electron chi connectivity index (χ3n) is 4.96. The van der Waals surface area contributed by atoms with Crippen LogP contribution in [0.3, 0.4) is 0 Å². The van der Waals surface area contributed by atoms with Gasteiger partial charge in [0.05, 0.1) is 28.9 Å². The number of ketones is 1. The molecule has 2 aliphatic rings. The van der Waals surface area contributed by atoms with Gasteiger partial charge in [0, 0.05) is 6.42 Å². The van der Waals surface area contributed by atoms with Crippen LogP contribution >= 0.6 is 23.5 Å². The second-order valence-corrected chi connectivity index (χ2v) is 9.52. The zero-order chi connectivity index (χ0) is 27.2. The number of Topliss-reactive ketones (excluding diaryl/α,β-unsaturated/α-hetero) is 1. The lowest BCUT2D eigenvalue weighted by Gasteiger charge is -2.10. The highest BCUT2D eigenvalue weighted by atomic mass is 32.2.